The summed E-state index contributed by atoms with van der Waals surface area (Å²) in [6.07, 6.45) is 0. The van der Waals surface area contributed by atoms with E-state index in [1.54, 1.807) is 7.11 Å². The molecule has 2 atom stereocenters. The quantitative estimate of drug-likeness (QED) is 0.838. The Kier molecular flexibility index (Phi) is 5.24. The summed E-state index contributed by atoms with van der Waals surface area (Å²) >= 11 is 0. The van der Waals surface area contributed by atoms with Gasteiger partial charge in [0.2, 0.25) is 0 Å². The second-order valence-electron chi connectivity index (χ2n) is 6.09. The lowest BCUT2D eigenvalue weighted by atomic mass is 9.85. The van der Waals surface area contributed by atoms with Crippen LogP contribution in [-0.4, -0.2) is 19.7 Å². The van der Waals surface area contributed by atoms with Crippen molar-refractivity contribution in [3.05, 3.63) is 42.0 Å². The van der Waals surface area contributed by atoms with Gasteiger partial charge in [-0.25, -0.2) is 0 Å². The molecule has 2 nitrogen and oxygen atoms in total. The number of fused-ring (bicyclic) bond motifs is 1. The van der Waals surface area contributed by atoms with Gasteiger partial charge in [-0.3, -0.25) is 0 Å². The number of hydrogen-bond donors (Lipinski definition) is 1. The maximum absolute atomic E-state index is 5.29. The van der Waals surface area contributed by atoms with Crippen molar-refractivity contribution in [1.82, 2.24) is 5.32 Å². The molecule has 0 aliphatic carbocycles. The number of likely N-dealkylation sites (N-methyl/N-ethyl adjacent to an activating group) is 1. The van der Waals surface area contributed by atoms with E-state index >= 15 is 0 Å². The monoisotopic (exact) mass is 285 g/mol. The number of nitrogens with one attached hydrogen (secondary N) is 1. The number of rotatable bonds is 6. The van der Waals surface area contributed by atoms with Gasteiger partial charge in [0.15, 0.2) is 0 Å². The summed E-state index contributed by atoms with van der Waals surface area (Å²) in [4.78, 5) is 0. The van der Waals surface area contributed by atoms with Crippen LogP contribution in [0.3, 0.4) is 0 Å². The number of hydrogen-bond acceptors (Lipinski definition) is 2. The third-order valence-corrected chi connectivity index (χ3v) is 4.29. The first-order valence-electron chi connectivity index (χ1n) is 7.88. The van der Waals surface area contributed by atoms with Gasteiger partial charge in [-0.05, 0) is 46.8 Å². The molecular weight excluding hydrogens is 258 g/mol. The van der Waals surface area contributed by atoms with Gasteiger partial charge in [0.05, 0.1) is 7.11 Å². The molecule has 2 aromatic rings. The summed E-state index contributed by atoms with van der Waals surface area (Å²) in [5.74, 6) is 2.03. The van der Waals surface area contributed by atoms with Gasteiger partial charge < -0.3 is 10.1 Å². The maximum atomic E-state index is 5.29. The van der Waals surface area contributed by atoms with E-state index in [1.165, 1.54) is 16.3 Å². The predicted octanol–water partition coefficient (Wildman–Crippen LogP) is 4.59. The Balaban J connectivity index is 2.33. The van der Waals surface area contributed by atoms with Crippen LogP contribution in [-0.2, 0) is 0 Å². The first-order chi connectivity index (χ1) is 10.1. The molecule has 1 N–H and O–H groups in total. The summed E-state index contributed by atoms with van der Waals surface area (Å²) < 4.78 is 5.29. The Hall–Kier alpha value is -1.54. The molecule has 0 heterocycles. The molecule has 0 aliphatic heterocycles. The lowest BCUT2D eigenvalue weighted by molar-refractivity contribution is 0.360. The molecule has 114 valence electrons. The minimum atomic E-state index is 0.497. The zero-order valence-corrected chi connectivity index (χ0v) is 13.8. The average Bonchev–Trinajstić information content (AvgIpc) is 2.50. The van der Waals surface area contributed by atoms with Crippen molar-refractivity contribution in [2.75, 3.05) is 13.7 Å². The minimum Gasteiger partial charge on any atom is -0.497 e. The van der Waals surface area contributed by atoms with Crippen LogP contribution in [0.4, 0.5) is 0 Å². The SMILES string of the molecule is CCNC(C(C)C)C(C)c1ccc2cc(OC)ccc2c1. The summed E-state index contributed by atoms with van der Waals surface area (Å²) in [5, 5.41) is 6.13. The highest BCUT2D eigenvalue weighted by molar-refractivity contribution is 5.84. The zero-order chi connectivity index (χ0) is 15.4. The summed E-state index contributed by atoms with van der Waals surface area (Å²) in [6.45, 7) is 10.1. The normalized spacial score (nSPS) is 14.4. The van der Waals surface area contributed by atoms with Crippen LogP contribution in [0.2, 0.25) is 0 Å². The van der Waals surface area contributed by atoms with Crippen molar-refractivity contribution in [3.63, 3.8) is 0 Å². The zero-order valence-electron chi connectivity index (χ0n) is 13.8. The average molecular weight is 285 g/mol. The fourth-order valence-electron chi connectivity index (χ4n) is 3.09. The molecule has 0 saturated heterocycles. The van der Waals surface area contributed by atoms with Crippen molar-refractivity contribution in [2.45, 2.75) is 39.7 Å². The van der Waals surface area contributed by atoms with E-state index in [9.17, 15) is 0 Å². The first kappa shape index (κ1) is 15.8. The second-order valence-corrected chi connectivity index (χ2v) is 6.09. The van der Waals surface area contributed by atoms with Crippen LogP contribution in [0.15, 0.2) is 36.4 Å². The molecule has 0 saturated carbocycles. The third-order valence-electron chi connectivity index (χ3n) is 4.29. The van der Waals surface area contributed by atoms with Crippen molar-refractivity contribution in [1.29, 1.82) is 0 Å². The molecule has 2 aromatic carbocycles. The fourth-order valence-corrected chi connectivity index (χ4v) is 3.09. The Bertz CT molecular complexity index is 591. The minimum absolute atomic E-state index is 0.497. The molecule has 0 radical (unpaired) electrons. The molecule has 0 amide bonds. The van der Waals surface area contributed by atoms with Gasteiger partial charge >= 0.3 is 0 Å². The molecule has 2 heteroatoms. The summed E-state index contributed by atoms with van der Waals surface area (Å²) in [6, 6.07) is 13.5. The lowest BCUT2D eigenvalue weighted by Gasteiger charge is -2.29. The molecule has 0 spiro atoms. The molecule has 2 unspecified atom stereocenters. The van der Waals surface area contributed by atoms with E-state index in [-0.39, 0.29) is 0 Å². The maximum Gasteiger partial charge on any atom is 0.119 e. The van der Waals surface area contributed by atoms with E-state index in [0.29, 0.717) is 17.9 Å². The van der Waals surface area contributed by atoms with Crippen LogP contribution in [0.25, 0.3) is 10.8 Å². The van der Waals surface area contributed by atoms with Gasteiger partial charge in [0, 0.05) is 6.04 Å². The van der Waals surface area contributed by atoms with E-state index in [1.807, 2.05) is 6.07 Å². The molecule has 2 rings (SSSR count). The number of benzene rings is 2. The van der Waals surface area contributed by atoms with Gasteiger partial charge in [0.1, 0.15) is 5.75 Å². The molecule has 0 bridgehead atoms. The largest absolute Gasteiger partial charge is 0.497 e. The highest BCUT2D eigenvalue weighted by Gasteiger charge is 2.21. The highest BCUT2D eigenvalue weighted by atomic mass is 16.5. The number of methoxy groups -OCH3 is 1. The fraction of sp³-hybridized carbons (Fsp3) is 0.474. The smallest absolute Gasteiger partial charge is 0.119 e. The molecular formula is C19H27NO. The van der Waals surface area contributed by atoms with Crippen molar-refractivity contribution in [2.24, 2.45) is 5.92 Å². The van der Waals surface area contributed by atoms with Gasteiger partial charge in [0.25, 0.3) is 0 Å². The van der Waals surface area contributed by atoms with E-state index in [4.69, 9.17) is 4.74 Å². The Morgan fingerprint density at radius 3 is 2.29 bits per heavy atom. The Morgan fingerprint density at radius 1 is 1.00 bits per heavy atom. The van der Waals surface area contributed by atoms with E-state index in [0.717, 1.165) is 12.3 Å². The van der Waals surface area contributed by atoms with Crippen LogP contribution < -0.4 is 10.1 Å². The van der Waals surface area contributed by atoms with E-state index < -0.39 is 0 Å². The highest BCUT2D eigenvalue weighted by Crippen LogP contribution is 2.28. The Morgan fingerprint density at radius 2 is 1.67 bits per heavy atom. The van der Waals surface area contributed by atoms with Crippen LogP contribution in [0, 0.1) is 5.92 Å². The lowest BCUT2D eigenvalue weighted by Crippen LogP contribution is -2.38. The standard InChI is InChI=1S/C19H27NO/c1-6-20-19(13(2)3)14(4)15-7-8-17-12-18(21-5)10-9-16(17)11-15/h7-14,19-20H,6H2,1-5H3. The van der Waals surface area contributed by atoms with Crippen molar-refractivity contribution >= 4 is 10.8 Å². The van der Waals surface area contributed by atoms with Gasteiger partial charge in [-0.2, -0.15) is 0 Å². The van der Waals surface area contributed by atoms with Gasteiger partial charge in [-0.1, -0.05) is 52.0 Å². The summed E-state index contributed by atoms with van der Waals surface area (Å²) in [7, 11) is 1.71. The number of ether oxygens (including phenoxy) is 1. The van der Waals surface area contributed by atoms with E-state index in [2.05, 4.69) is 63.3 Å². The first-order valence-corrected chi connectivity index (χ1v) is 7.88. The van der Waals surface area contributed by atoms with Crippen molar-refractivity contribution in [3.8, 4) is 5.75 Å². The van der Waals surface area contributed by atoms with Gasteiger partial charge in [-0.15, -0.1) is 0 Å². The molecule has 0 fully saturated rings. The molecule has 21 heavy (non-hydrogen) atoms. The predicted molar refractivity (Wildman–Crippen MR) is 91.2 cm³/mol. The van der Waals surface area contributed by atoms with Crippen LogP contribution >= 0.6 is 0 Å². The molecule has 0 aliphatic rings. The van der Waals surface area contributed by atoms with Crippen LogP contribution in [0.1, 0.15) is 39.2 Å². The Labute approximate surface area is 128 Å². The van der Waals surface area contributed by atoms with Crippen molar-refractivity contribution < 1.29 is 4.74 Å². The van der Waals surface area contributed by atoms with Crippen LogP contribution in [0.5, 0.6) is 5.75 Å². The molecule has 0 aromatic heterocycles. The second kappa shape index (κ2) is 6.95. The topological polar surface area (TPSA) is 21.3 Å². The summed E-state index contributed by atoms with van der Waals surface area (Å²) in [5.41, 5.74) is 1.40. The third kappa shape index (κ3) is 3.56.